The first kappa shape index (κ1) is 18.9. The Morgan fingerprint density at radius 2 is 1.83 bits per heavy atom. The summed E-state index contributed by atoms with van der Waals surface area (Å²) < 4.78 is 0. The first-order valence-electron chi connectivity index (χ1n) is 8.48. The molecule has 0 heterocycles. The molecule has 0 radical (unpaired) electrons. The summed E-state index contributed by atoms with van der Waals surface area (Å²) in [6, 6.07) is 12.7. The number of nitriles is 1. The second-order valence-electron chi connectivity index (χ2n) is 5.87. The van der Waals surface area contributed by atoms with Crippen LogP contribution in [0.2, 0.25) is 0 Å². The largest absolute Gasteiger partial charge is 0.303 e. The fourth-order valence-corrected chi connectivity index (χ4v) is 2.47. The number of aldehydes is 1. The Kier molecular flexibility index (Phi) is 10.2. The van der Waals surface area contributed by atoms with Crippen LogP contribution in [0.25, 0.3) is 0 Å². The highest BCUT2D eigenvalue weighted by atomic mass is 16.1. The molecule has 0 amide bonds. The maximum absolute atomic E-state index is 10.3. The fourth-order valence-electron chi connectivity index (χ4n) is 2.47. The Balaban J connectivity index is 2.28. The van der Waals surface area contributed by atoms with Crippen LogP contribution in [0.3, 0.4) is 0 Å². The Morgan fingerprint density at radius 3 is 2.52 bits per heavy atom. The van der Waals surface area contributed by atoms with Gasteiger partial charge in [-0.3, -0.25) is 0 Å². The number of unbranched alkanes of at least 4 members (excludes halogenated alkanes) is 2. The normalized spacial score (nSPS) is 12.0. The zero-order chi connectivity index (χ0) is 16.8. The van der Waals surface area contributed by atoms with Crippen LogP contribution >= 0.6 is 0 Å². The van der Waals surface area contributed by atoms with E-state index in [0.717, 1.165) is 56.8 Å². The summed E-state index contributed by atoms with van der Waals surface area (Å²) >= 11 is 0. The number of carbonyl (C=O) groups is 1. The van der Waals surface area contributed by atoms with Crippen LogP contribution < -0.4 is 0 Å². The number of aryl methyl sites for hydroxylation is 1. The molecule has 0 aliphatic carbocycles. The second-order valence-corrected chi connectivity index (χ2v) is 5.87. The average molecular weight is 309 g/mol. The van der Waals surface area contributed by atoms with E-state index in [1.165, 1.54) is 11.1 Å². The van der Waals surface area contributed by atoms with Crippen molar-refractivity contribution >= 4 is 6.29 Å². The quantitative estimate of drug-likeness (QED) is 0.232. The highest BCUT2D eigenvalue weighted by Gasteiger charge is 1.97. The van der Waals surface area contributed by atoms with Gasteiger partial charge in [0.25, 0.3) is 0 Å². The van der Waals surface area contributed by atoms with E-state index in [9.17, 15) is 10.1 Å². The predicted octanol–water partition coefficient (Wildman–Crippen LogP) is 5.55. The van der Waals surface area contributed by atoms with Crippen molar-refractivity contribution < 1.29 is 4.79 Å². The van der Waals surface area contributed by atoms with Gasteiger partial charge in [0.1, 0.15) is 6.29 Å². The number of allylic oxidation sites excluding steroid dienone is 4. The van der Waals surface area contributed by atoms with Crippen molar-refractivity contribution in [1.29, 1.82) is 5.26 Å². The minimum absolute atomic E-state index is 0.663. The van der Waals surface area contributed by atoms with Crippen LogP contribution in [0.15, 0.2) is 53.6 Å². The molecule has 1 aromatic carbocycles. The standard InChI is InChI=1S/C21H27NO/c1-19(10-4-3-7-17-23)11-8-15-21(18-22)16-9-14-20-12-5-2-6-13-20/h2,5-6,11-13,16-17H,3-4,7-10,14-15H2,1H3/b19-11+,21-16-. The van der Waals surface area contributed by atoms with Gasteiger partial charge in [-0.15, -0.1) is 0 Å². The van der Waals surface area contributed by atoms with Gasteiger partial charge >= 0.3 is 0 Å². The van der Waals surface area contributed by atoms with Gasteiger partial charge in [0.15, 0.2) is 0 Å². The molecule has 2 heteroatoms. The summed E-state index contributed by atoms with van der Waals surface area (Å²) in [5, 5.41) is 9.22. The van der Waals surface area contributed by atoms with Crippen LogP contribution in [-0.2, 0) is 11.2 Å². The zero-order valence-corrected chi connectivity index (χ0v) is 14.1. The van der Waals surface area contributed by atoms with Gasteiger partial charge in [0.05, 0.1) is 6.07 Å². The third-order valence-electron chi connectivity index (χ3n) is 3.86. The van der Waals surface area contributed by atoms with Crippen LogP contribution in [0.4, 0.5) is 0 Å². The molecule has 0 saturated heterocycles. The third-order valence-corrected chi connectivity index (χ3v) is 3.86. The van der Waals surface area contributed by atoms with E-state index in [2.05, 4.69) is 37.3 Å². The van der Waals surface area contributed by atoms with Gasteiger partial charge in [-0.05, 0) is 57.4 Å². The van der Waals surface area contributed by atoms with Crippen LogP contribution in [-0.4, -0.2) is 6.29 Å². The van der Waals surface area contributed by atoms with E-state index in [1.54, 1.807) is 0 Å². The maximum atomic E-state index is 10.3. The molecular formula is C21H27NO. The van der Waals surface area contributed by atoms with E-state index in [4.69, 9.17) is 0 Å². The summed E-state index contributed by atoms with van der Waals surface area (Å²) in [6.45, 7) is 2.13. The fraction of sp³-hybridized carbons (Fsp3) is 0.429. The predicted molar refractivity (Wildman–Crippen MR) is 96.0 cm³/mol. The Labute approximate surface area is 140 Å². The minimum atomic E-state index is 0.663. The van der Waals surface area contributed by atoms with Gasteiger partial charge in [-0.2, -0.15) is 5.26 Å². The SMILES string of the molecule is C/C(=C\CC/C(C#N)=C/CCc1ccccc1)CCCCC=O. The molecule has 0 N–H and O–H groups in total. The summed E-state index contributed by atoms with van der Waals surface area (Å²) in [7, 11) is 0. The van der Waals surface area contributed by atoms with E-state index in [0.29, 0.717) is 6.42 Å². The first-order valence-corrected chi connectivity index (χ1v) is 8.48. The Morgan fingerprint density at radius 1 is 1.04 bits per heavy atom. The molecule has 0 atom stereocenters. The molecule has 0 aliphatic heterocycles. The Hall–Kier alpha value is -2.14. The van der Waals surface area contributed by atoms with Gasteiger partial charge in [-0.25, -0.2) is 0 Å². The summed E-state index contributed by atoms with van der Waals surface area (Å²) in [6.07, 6.45) is 12.7. The molecule has 1 rings (SSSR count). The maximum Gasteiger partial charge on any atom is 0.119 e. The second kappa shape index (κ2) is 12.4. The van der Waals surface area contributed by atoms with Crippen LogP contribution in [0.5, 0.6) is 0 Å². The summed E-state index contributed by atoms with van der Waals surface area (Å²) in [5.74, 6) is 0. The molecule has 0 unspecified atom stereocenters. The van der Waals surface area contributed by atoms with Crippen molar-refractivity contribution in [2.75, 3.05) is 0 Å². The van der Waals surface area contributed by atoms with Crippen molar-refractivity contribution in [3.05, 3.63) is 59.2 Å². The summed E-state index contributed by atoms with van der Waals surface area (Å²) in [4.78, 5) is 10.3. The van der Waals surface area contributed by atoms with Gasteiger partial charge < -0.3 is 4.79 Å². The third kappa shape index (κ3) is 9.47. The molecular weight excluding hydrogens is 282 g/mol. The molecule has 23 heavy (non-hydrogen) atoms. The first-order chi connectivity index (χ1) is 11.3. The van der Waals surface area contributed by atoms with Gasteiger partial charge in [0, 0.05) is 12.0 Å². The monoisotopic (exact) mass is 309 g/mol. The minimum Gasteiger partial charge on any atom is -0.303 e. The van der Waals surface area contributed by atoms with Crippen LogP contribution in [0.1, 0.15) is 57.4 Å². The van der Waals surface area contributed by atoms with Crippen LogP contribution in [0, 0.1) is 11.3 Å². The smallest absolute Gasteiger partial charge is 0.119 e. The average Bonchev–Trinajstić information content (AvgIpc) is 2.58. The Bertz CT molecular complexity index is 549. The van der Waals surface area contributed by atoms with E-state index < -0.39 is 0 Å². The molecule has 0 aliphatic rings. The van der Waals surface area contributed by atoms with E-state index >= 15 is 0 Å². The number of hydrogen-bond donors (Lipinski definition) is 0. The highest BCUT2D eigenvalue weighted by Crippen LogP contribution is 2.13. The zero-order valence-electron chi connectivity index (χ0n) is 14.1. The molecule has 0 saturated carbocycles. The van der Waals surface area contributed by atoms with Crippen molar-refractivity contribution in [1.82, 2.24) is 0 Å². The molecule has 1 aromatic rings. The summed E-state index contributed by atoms with van der Waals surface area (Å²) in [5.41, 5.74) is 3.55. The van der Waals surface area contributed by atoms with Gasteiger partial charge in [0.2, 0.25) is 0 Å². The van der Waals surface area contributed by atoms with E-state index in [-0.39, 0.29) is 0 Å². The lowest BCUT2D eigenvalue weighted by atomic mass is 10.0. The van der Waals surface area contributed by atoms with Crippen molar-refractivity contribution in [2.24, 2.45) is 0 Å². The number of hydrogen-bond acceptors (Lipinski definition) is 2. The van der Waals surface area contributed by atoms with Crippen molar-refractivity contribution in [2.45, 2.75) is 58.3 Å². The lowest BCUT2D eigenvalue weighted by Crippen LogP contribution is -1.86. The molecule has 0 aromatic heterocycles. The molecule has 2 nitrogen and oxygen atoms in total. The molecule has 0 spiro atoms. The van der Waals surface area contributed by atoms with Crippen molar-refractivity contribution in [3.8, 4) is 6.07 Å². The van der Waals surface area contributed by atoms with Gasteiger partial charge in [-0.1, -0.05) is 48.1 Å². The lowest BCUT2D eigenvalue weighted by Gasteiger charge is -2.01. The number of benzene rings is 1. The number of carbonyl (C=O) groups excluding carboxylic acids is 1. The number of rotatable bonds is 11. The molecule has 122 valence electrons. The number of nitrogens with zero attached hydrogens (tertiary/aromatic N) is 1. The van der Waals surface area contributed by atoms with E-state index in [1.807, 2.05) is 18.2 Å². The lowest BCUT2D eigenvalue weighted by molar-refractivity contribution is -0.107. The highest BCUT2D eigenvalue weighted by molar-refractivity contribution is 5.48. The molecule has 0 fully saturated rings. The van der Waals surface area contributed by atoms with Crippen molar-refractivity contribution in [3.63, 3.8) is 0 Å². The topological polar surface area (TPSA) is 40.9 Å². The molecule has 0 bridgehead atoms.